The molecule has 116 valence electrons. The quantitative estimate of drug-likeness (QED) is 0.632. The van der Waals surface area contributed by atoms with Gasteiger partial charge in [0.15, 0.2) is 0 Å². The van der Waals surface area contributed by atoms with E-state index in [0.717, 1.165) is 42.7 Å². The van der Waals surface area contributed by atoms with Crippen molar-refractivity contribution in [3.05, 3.63) is 33.4 Å². The van der Waals surface area contributed by atoms with Crippen LogP contribution in [0.1, 0.15) is 30.9 Å². The van der Waals surface area contributed by atoms with Crippen molar-refractivity contribution in [3.63, 3.8) is 0 Å². The van der Waals surface area contributed by atoms with Gasteiger partial charge in [0.2, 0.25) is 0 Å². The summed E-state index contributed by atoms with van der Waals surface area (Å²) in [5.41, 5.74) is 3.24. The Bertz CT molecular complexity index is 520. The fraction of sp³-hybridized carbons (Fsp3) is 0.625. The minimum absolute atomic E-state index is 0.252. The molecule has 1 aromatic carbocycles. The molecule has 0 amide bonds. The Balaban J connectivity index is 2.23. The zero-order valence-corrected chi connectivity index (χ0v) is 13.4. The van der Waals surface area contributed by atoms with Gasteiger partial charge in [-0.1, -0.05) is 6.92 Å². The van der Waals surface area contributed by atoms with Crippen molar-refractivity contribution in [3.8, 4) is 0 Å². The first kappa shape index (κ1) is 15.8. The van der Waals surface area contributed by atoms with Gasteiger partial charge in [0.1, 0.15) is 0 Å². The van der Waals surface area contributed by atoms with Crippen LogP contribution in [0.5, 0.6) is 0 Å². The third kappa shape index (κ3) is 3.35. The lowest BCUT2D eigenvalue weighted by Gasteiger charge is -2.37. The Labute approximate surface area is 126 Å². The molecule has 1 saturated heterocycles. The Morgan fingerprint density at radius 3 is 2.43 bits per heavy atom. The maximum absolute atomic E-state index is 11.1. The van der Waals surface area contributed by atoms with Crippen molar-refractivity contribution in [2.24, 2.45) is 0 Å². The van der Waals surface area contributed by atoms with E-state index >= 15 is 0 Å². The molecule has 1 aromatic rings. The zero-order chi connectivity index (χ0) is 15.6. The topological polar surface area (TPSA) is 49.6 Å². The van der Waals surface area contributed by atoms with E-state index in [9.17, 15) is 10.1 Å². The molecule has 0 aromatic heterocycles. The molecule has 5 heteroatoms. The van der Waals surface area contributed by atoms with Crippen molar-refractivity contribution >= 4 is 11.4 Å². The average Bonchev–Trinajstić information content (AvgIpc) is 2.47. The van der Waals surface area contributed by atoms with E-state index in [4.69, 9.17) is 0 Å². The summed E-state index contributed by atoms with van der Waals surface area (Å²) in [6, 6.07) is 4.39. The van der Waals surface area contributed by atoms with Crippen LogP contribution < -0.4 is 4.90 Å². The smallest absolute Gasteiger partial charge is 0.272 e. The highest BCUT2D eigenvalue weighted by Gasteiger charge is 2.23. The second kappa shape index (κ2) is 6.43. The van der Waals surface area contributed by atoms with E-state index < -0.39 is 0 Å². The van der Waals surface area contributed by atoms with Crippen LogP contribution in [0.4, 0.5) is 11.4 Å². The second-order valence-corrected chi connectivity index (χ2v) is 6.06. The lowest BCUT2D eigenvalue weighted by molar-refractivity contribution is -0.385. The SMILES string of the molecule is CCc1cc(N2CCC(N(C)C)CC2)c(C)cc1[N+](=O)[O-]. The van der Waals surface area contributed by atoms with Crippen LogP contribution in [0.25, 0.3) is 0 Å². The molecule has 0 saturated carbocycles. The predicted octanol–water partition coefficient (Wildman–Crippen LogP) is 3.00. The van der Waals surface area contributed by atoms with Gasteiger partial charge in [-0.25, -0.2) is 0 Å². The predicted molar refractivity (Wildman–Crippen MR) is 86.1 cm³/mol. The van der Waals surface area contributed by atoms with Crippen LogP contribution in [0.15, 0.2) is 12.1 Å². The third-order valence-corrected chi connectivity index (χ3v) is 4.51. The lowest BCUT2D eigenvalue weighted by atomic mass is 10.00. The van der Waals surface area contributed by atoms with Gasteiger partial charge in [0.05, 0.1) is 4.92 Å². The number of rotatable bonds is 4. The molecule has 5 nitrogen and oxygen atoms in total. The molecule has 0 atom stereocenters. The summed E-state index contributed by atoms with van der Waals surface area (Å²) in [5.74, 6) is 0. The zero-order valence-electron chi connectivity index (χ0n) is 13.4. The molecular formula is C16H25N3O2. The number of nitrogens with zero attached hydrogens (tertiary/aromatic N) is 3. The molecule has 0 unspecified atom stereocenters. The highest BCUT2D eigenvalue weighted by molar-refractivity contribution is 5.61. The fourth-order valence-electron chi connectivity index (χ4n) is 3.14. The minimum Gasteiger partial charge on any atom is -0.371 e. The molecule has 0 spiro atoms. The monoisotopic (exact) mass is 291 g/mol. The first-order chi connectivity index (χ1) is 9.93. The van der Waals surface area contributed by atoms with E-state index in [1.807, 2.05) is 19.9 Å². The molecular weight excluding hydrogens is 266 g/mol. The molecule has 0 aliphatic carbocycles. The molecule has 1 aliphatic rings. The number of anilines is 1. The summed E-state index contributed by atoms with van der Waals surface area (Å²) in [7, 11) is 4.26. The normalized spacial score (nSPS) is 16.5. The van der Waals surface area contributed by atoms with E-state index in [1.54, 1.807) is 6.07 Å². The van der Waals surface area contributed by atoms with Crippen molar-refractivity contribution < 1.29 is 4.92 Å². The number of benzene rings is 1. The largest absolute Gasteiger partial charge is 0.371 e. The van der Waals surface area contributed by atoms with Crippen molar-refractivity contribution in [2.45, 2.75) is 39.2 Å². The molecule has 0 N–H and O–H groups in total. The number of nitro groups is 1. The Hall–Kier alpha value is -1.62. The molecule has 0 bridgehead atoms. The van der Waals surface area contributed by atoms with Crippen molar-refractivity contribution in [2.75, 3.05) is 32.1 Å². The Morgan fingerprint density at radius 1 is 1.33 bits per heavy atom. The summed E-state index contributed by atoms with van der Waals surface area (Å²) >= 11 is 0. The first-order valence-corrected chi connectivity index (χ1v) is 7.63. The summed E-state index contributed by atoms with van der Waals surface area (Å²) in [6.45, 7) is 5.98. The van der Waals surface area contributed by atoms with Gasteiger partial charge in [-0.3, -0.25) is 10.1 Å². The van der Waals surface area contributed by atoms with Crippen molar-refractivity contribution in [1.29, 1.82) is 0 Å². The van der Waals surface area contributed by atoms with Crippen molar-refractivity contribution in [1.82, 2.24) is 4.90 Å². The maximum Gasteiger partial charge on any atom is 0.272 e. The number of piperidine rings is 1. The fourth-order valence-corrected chi connectivity index (χ4v) is 3.14. The Kier molecular flexibility index (Phi) is 4.83. The first-order valence-electron chi connectivity index (χ1n) is 7.63. The van der Waals surface area contributed by atoms with Crippen LogP contribution in [-0.2, 0) is 6.42 Å². The maximum atomic E-state index is 11.1. The van der Waals surface area contributed by atoms with E-state index in [1.165, 1.54) is 0 Å². The van der Waals surface area contributed by atoms with Crippen LogP contribution in [0, 0.1) is 17.0 Å². The van der Waals surface area contributed by atoms with Crippen LogP contribution in [-0.4, -0.2) is 43.0 Å². The molecule has 2 rings (SSSR count). The summed E-state index contributed by atoms with van der Waals surface area (Å²) in [4.78, 5) is 15.5. The lowest BCUT2D eigenvalue weighted by Crippen LogP contribution is -2.42. The molecule has 0 radical (unpaired) electrons. The number of hydrogen-bond donors (Lipinski definition) is 0. The van der Waals surface area contributed by atoms with Gasteiger partial charge in [0.25, 0.3) is 5.69 Å². The van der Waals surface area contributed by atoms with E-state index in [2.05, 4.69) is 23.9 Å². The average molecular weight is 291 g/mol. The van der Waals surface area contributed by atoms with Gasteiger partial charge >= 0.3 is 0 Å². The summed E-state index contributed by atoms with van der Waals surface area (Å²) < 4.78 is 0. The summed E-state index contributed by atoms with van der Waals surface area (Å²) in [5, 5.41) is 11.1. The minimum atomic E-state index is -0.270. The van der Waals surface area contributed by atoms with Gasteiger partial charge < -0.3 is 9.80 Å². The van der Waals surface area contributed by atoms with E-state index in [0.29, 0.717) is 12.5 Å². The van der Waals surface area contributed by atoms with Crippen LogP contribution in [0.3, 0.4) is 0 Å². The highest BCUT2D eigenvalue weighted by Crippen LogP contribution is 2.31. The third-order valence-electron chi connectivity index (χ3n) is 4.51. The van der Waals surface area contributed by atoms with Crippen LogP contribution >= 0.6 is 0 Å². The molecule has 1 aliphatic heterocycles. The molecule has 1 fully saturated rings. The van der Waals surface area contributed by atoms with Gasteiger partial charge in [-0.15, -0.1) is 0 Å². The summed E-state index contributed by atoms with van der Waals surface area (Å²) in [6.07, 6.45) is 2.98. The molecule has 1 heterocycles. The number of hydrogen-bond acceptors (Lipinski definition) is 4. The van der Waals surface area contributed by atoms with Crippen LogP contribution in [0.2, 0.25) is 0 Å². The number of nitro benzene ring substituents is 1. The standard InChI is InChI=1S/C16H25N3O2/c1-5-13-11-15(12(2)10-16(13)19(20)21)18-8-6-14(7-9-18)17(3)4/h10-11,14H,5-9H2,1-4H3. The highest BCUT2D eigenvalue weighted by atomic mass is 16.6. The van der Waals surface area contributed by atoms with Gasteiger partial charge in [0, 0.05) is 36.4 Å². The second-order valence-electron chi connectivity index (χ2n) is 6.06. The number of aryl methyl sites for hydroxylation is 2. The van der Waals surface area contributed by atoms with Gasteiger partial charge in [-0.05, 0) is 51.9 Å². The van der Waals surface area contributed by atoms with E-state index in [-0.39, 0.29) is 10.6 Å². The Morgan fingerprint density at radius 2 is 1.95 bits per heavy atom. The van der Waals surface area contributed by atoms with Gasteiger partial charge in [-0.2, -0.15) is 0 Å². The molecule has 21 heavy (non-hydrogen) atoms.